The molecule has 1 unspecified atom stereocenters. The molecule has 2 aliphatic heterocycles. The largest absolute Gasteiger partial charge is 0.334 e. The summed E-state index contributed by atoms with van der Waals surface area (Å²) < 4.78 is 37.7. The van der Waals surface area contributed by atoms with Gasteiger partial charge in [0.1, 0.15) is 10.1 Å². The fourth-order valence-electron chi connectivity index (χ4n) is 4.10. The number of hydrogen-bond donors (Lipinski definition) is 0. The molecule has 2 amide bonds. The Bertz CT molecular complexity index is 1270. The van der Waals surface area contributed by atoms with E-state index in [1.54, 1.807) is 34.4 Å². The van der Waals surface area contributed by atoms with E-state index in [9.17, 15) is 22.4 Å². The molecule has 4 rings (SSSR count). The van der Waals surface area contributed by atoms with Gasteiger partial charge in [0, 0.05) is 23.9 Å². The summed E-state index contributed by atoms with van der Waals surface area (Å²) in [6.45, 7) is 2.67. The van der Waals surface area contributed by atoms with Crippen molar-refractivity contribution in [3.8, 4) is 0 Å². The van der Waals surface area contributed by atoms with Gasteiger partial charge in [-0.05, 0) is 60.5 Å². The smallest absolute Gasteiger partial charge is 0.266 e. The van der Waals surface area contributed by atoms with Crippen molar-refractivity contribution in [1.29, 1.82) is 0 Å². The highest BCUT2D eigenvalue weighted by Gasteiger charge is 2.35. The van der Waals surface area contributed by atoms with Gasteiger partial charge in [0.25, 0.3) is 5.91 Å². The van der Waals surface area contributed by atoms with Crippen molar-refractivity contribution in [2.45, 2.75) is 38.8 Å². The van der Waals surface area contributed by atoms with Gasteiger partial charge in [0.05, 0.1) is 23.0 Å². The minimum Gasteiger partial charge on any atom is -0.334 e. The number of amides is 2. The van der Waals surface area contributed by atoms with Crippen LogP contribution in [-0.4, -0.2) is 58.4 Å². The number of carbonyl (C=O) groups excluding carboxylic acids is 2. The highest BCUT2D eigenvalue weighted by molar-refractivity contribution is 8.26. The zero-order chi connectivity index (χ0) is 25.2. The van der Waals surface area contributed by atoms with Crippen molar-refractivity contribution in [3.05, 3.63) is 62.4 Å². The molecule has 0 bridgehead atoms. The lowest BCUT2D eigenvalue weighted by Crippen LogP contribution is -2.41. The number of aryl methyl sites for hydroxylation is 1. The molecule has 3 heterocycles. The Morgan fingerprint density at radius 3 is 2.66 bits per heavy atom. The first-order chi connectivity index (χ1) is 16.6. The van der Waals surface area contributed by atoms with Crippen LogP contribution in [-0.2, 0) is 26.0 Å². The van der Waals surface area contributed by atoms with E-state index in [0.29, 0.717) is 40.7 Å². The summed E-state index contributed by atoms with van der Waals surface area (Å²) in [4.78, 5) is 30.7. The Balaban J connectivity index is 1.38. The SMILES string of the molecule is Cc1ccsc1CN(C(=O)CCCN1C(=O)/C(=C/c2ccc(F)cc2)SC1=S)C1CCS(=O)(=O)C1. The number of hydrogen-bond acceptors (Lipinski definition) is 7. The Morgan fingerprint density at radius 2 is 2.03 bits per heavy atom. The molecule has 1 atom stereocenters. The molecule has 1 aromatic heterocycles. The van der Waals surface area contributed by atoms with Gasteiger partial charge in [-0.3, -0.25) is 14.5 Å². The first kappa shape index (κ1) is 26.0. The maximum Gasteiger partial charge on any atom is 0.266 e. The fourth-order valence-corrected chi connectivity index (χ4v) is 8.04. The zero-order valence-corrected chi connectivity index (χ0v) is 22.4. The fraction of sp³-hybridized carbons (Fsp3) is 0.375. The number of carbonyl (C=O) groups is 2. The molecule has 0 spiro atoms. The van der Waals surface area contributed by atoms with Crippen LogP contribution in [0.2, 0.25) is 0 Å². The number of thioether (sulfide) groups is 1. The van der Waals surface area contributed by atoms with Crippen LogP contribution < -0.4 is 0 Å². The summed E-state index contributed by atoms with van der Waals surface area (Å²) in [5.74, 6) is -0.608. The van der Waals surface area contributed by atoms with E-state index in [1.165, 1.54) is 28.8 Å². The van der Waals surface area contributed by atoms with E-state index < -0.39 is 9.84 Å². The monoisotopic (exact) mass is 552 g/mol. The van der Waals surface area contributed by atoms with Gasteiger partial charge in [-0.2, -0.15) is 0 Å². The predicted octanol–water partition coefficient (Wildman–Crippen LogP) is 4.39. The highest BCUT2D eigenvalue weighted by atomic mass is 32.2. The zero-order valence-electron chi connectivity index (χ0n) is 19.1. The average Bonchev–Trinajstić information content (AvgIpc) is 3.46. The van der Waals surface area contributed by atoms with Gasteiger partial charge in [-0.25, -0.2) is 12.8 Å². The second-order valence-electron chi connectivity index (χ2n) is 8.59. The van der Waals surface area contributed by atoms with E-state index in [4.69, 9.17) is 12.2 Å². The molecule has 0 aliphatic carbocycles. The molecule has 2 aliphatic rings. The van der Waals surface area contributed by atoms with Crippen LogP contribution in [0.5, 0.6) is 0 Å². The molecule has 2 aromatic rings. The van der Waals surface area contributed by atoms with Gasteiger partial charge in [0.15, 0.2) is 9.84 Å². The number of benzene rings is 1. The van der Waals surface area contributed by atoms with Crippen LogP contribution in [0, 0.1) is 12.7 Å². The molecule has 11 heteroatoms. The summed E-state index contributed by atoms with van der Waals surface area (Å²) in [6, 6.07) is 7.50. The van der Waals surface area contributed by atoms with Gasteiger partial charge in [-0.1, -0.05) is 36.1 Å². The maximum atomic E-state index is 13.2. The van der Waals surface area contributed by atoms with E-state index in [2.05, 4.69) is 0 Å². The van der Waals surface area contributed by atoms with Crippen LogP contribution in [0.1, 0.15) is 35.3 Å². The summed E-state index contributed by atoms with van der Waals surface area (Å²) in [5, 5.41) is 1.97. The lowest BCUT2D eigenvalue weighted by atomic mass is 10.1. The van der Waals surface area contributed by atoms with Crippen LogP contribution in [0.3, 0.4) is 0 Å². The molecule has 2 saturated heterocycles. The maximum absolute atomic E-state index is 13.2. The summed E-state index contributed by atoms with van der Waals surface area (Å²) in [7, 11) is -3.14. The highest BCUT2D eigenvalue weighted by Crippen LogP contribution is 2.33. The van der Waals surface area contributed by atoms with Crippen LogP contribution >= 0.6 is 35.3 Å². The number of thiophene rings is 1. The summed E-state index contributed by atoms with van der Waals surface area (Å²) >= 11 is 8.11. The van der Waals surface area contributed by atoms with Gasteiger partial charge >= 0.3 is 0 Å². The van der Waals surface area contributed by atoms with E-state index >= 15 is 0 Å². The van der Waals surface area contributed by atoms with Crippen LogP contribution in [0.25, 0.3) is 6.08 Å². The topological polar surface area (TPSA) is 74.8 Å². The molecule has 2 fully saturated rings. The molecule has 1 aromatic carbocycles. The predicted molar refractivity (Wildman–Crippen MR) is 142 cm³/mol. The number of thiocarbonyl (C=S) groups is 1. The second-order valence-corrected chi connectivity index (χ2v) is 13.5. The minimum absolute atomic E-state index is 0.00790. The van der Waals surface area contributed by atoms with Crippen molar-refractivity contribution < 1.29 is 22.4 Å². The average molecular weight is 553 g/mol. The quantitative estimate of drug-likeness (QED) is 0.357. The molecule has 35 heavy (non-hydrogen) atoms. The Hall–Kier alpha value is -2.08. The third kappa shape index (κ3) is 6.38. The third-order valence-electron chi connectivity index (χ3n) is 6.07. The molecule has 6 nitrogen and oxygen atoms in total. The first-order valence-electron chi connectivity index (χ1n) is 11.2. The molecule has 186 valence electrons. The van der Waals surface area contributed by atoms with Gasteiger partial charge in [-0.15, -0.1) is 11.3 Å². The number of rotatable bonds is 8. The van der Waals surface area contributed by atoms with Crippen molar-refractivity contribution in [1.82, 2.24) is 9.80 Å². The molecular weight excluding hydrogens is 528 g/mol. The van der Waals surface area contributed by atoms with Crippen molar-refractivity contribution >= 4 is 67.4 Å². The van der Waals surface area contributed by atoms with Crippen LogP contribution in [0.4, 0.5) is 4.39 Å². The third-order valence-corrected chi connectivity index (χ3v) is 10.2. The van der Waals surface area contributed by atoms with Gasteiger partial charge < -0.3 is 4.90 Å². The van der Waals surface area contributed by atoms with Crippen molar-refractivity contribution in [2.24, 2.45) is 0 Å². The Kier molecular flexibility index (Phi) is 8.09. The Morgan fingerprint density at radius 1 is 1.29 bits per heavy atom. The molecule has 0 N–H and O–H groups in total. The second kappa shape index (κ2) is 10.9. The van der Waals surface area contributed by atoms with E-state index in [1.807, 2.05) is 18.4 Å². The van der Waals surface area contributed by atoms with E-state index in [-0.39, 0.29) is 41.6 Å². The van der Waals surface area contributed by atoms with Crippen molar-refractivity contribution in [3.63, 3.8) is 0 Å². The molecular formula is C24H25FN2O4S4. The molecule has 0 radical (unpaired) electrons. The number of sulfone groups is 1. The van der Waals surface area contributed by atoms with E-state index in [0.717, 1.165) is 10.4 Å². The Labute approximate surface area is 218 Å². The number of halogens is 1. The molecule has 0 saturated carbocycles. The van der Waals surface area contributed by atoms with Gasteiger partial charge in [0.2, 0.25) is 5.91 Å². The van der Waals surface area contributed by atoms with Crippen LogP contribution in [0.15, 0.2) is 40.6 Å². The summed E-state index contributed by atoms with van der Waals surface area (Å²) in [5.41, 5.74) is 1.78. The minimum atomic E-state index is -3.14. The first-order valence-corrected chi connectivity index (χ1v) is 15.1. The number of nitrogens with zero attached hydrogens (tertiary/aromatic N) is 2. The van der Waals surface area contributed by atoms with Crippen molar-refractivity contribution in [2.75, 3.05) is 18.1 Å². The lowest BCUT2D eigenvalue weighted by Gasteiger charge is -2.28. The normalized spacial score (nSPS) is 20.7. The standard InChI is InChI=1S/C24H25FN2O4S4/c1-16-8-11-33-21(16)14-27(19-9-12-35(30,31)15-19)22(28)3-2-10-26-23(29)20(34-24(26)32)13-17-4-6-18(25)7-5-17/h4-8,11,13,19H,2-3,9-10,12,14-15H2,1H3/b20-13-. The lowest BCUT2D eigenvalue weighted by molar-refractivity contribution is -0.134. The summed E-state index contributed by atoms with van der Waals surface area (Å²) in [6.07, 6.45) is 2.72.